The van der Waals surface area contributed by atoms with Crippen LogP contribution < -0.4 is 0 Å². The van der Waals surface area contributed by atoms with Crippen molar-refractivity contribution in [3.05, 3.63) is 170 Å². The summed E-state index contributed by atoms with van der Waals surface area (Å²) >= 11 is 0. The van der Waals surface area contributed by atoms with Gasteiger partial charge >= 0.3 is 39.5 Å². The van der Waals surface area contributed by atoms with Gasteiger partial charge in [-0.25, -0.2) is 9.13 Å². The zero-order chi connectivity index (χ0) is 78.9. The minimum absolute atomic E-state index is 0.0608. The number of phosphoric ester groups is 2. The molecule has 3 N–H and O–H groups in total. The summed E-state index contributed by atoms with van der Waals surface area (Å²) in [6.45, 7) is 4.38. The molecule has 5 unspecified atom stereocenters. The Morgan fingerprint density at radius 3 is 0.833 bits per heavy atom. The second-order valence-corrected chi connectivity index (χ2v) is 29.8. The van der Waals surface area contributed by atoms with Gasteiger partial charge in [0.05, 0.1) is 32.8 Å². The van der Waals surface area contributed by atoms with Gasteiger partial charge in [0.25, 0.3) is 0 Å². The zero-order valence-electron chi connectivity index (χ0n) is 67.2. The summed E-state index contributed by atoms with van der Waals surface area (Å²) in [5.41, 5.74) is 0. The van der Waals surface area contributed by atoms with Crippen LogP contribution in [0.1, 0.15) is 310 Å². The van der Waals surface area contributed by atoms with Crippen molar-refractivity contribution < 1.29 is 80.2 Å². The SMILES string of the molecule is CC/C=C\C/C=C\C/C=C\C/C=C\C/C=C\CC(=O)OCC(COP(=O)(O)OCC(O)COP(=O)(O)OCC(COC(=O)CCCCCCCC/C=C\C/C=C\C/C=C\C/C=C\CC)OC(=O)CCCCCCCC/C=C\C/C=C\C/C=C\C/C=C\CC)OC(=O)CCCCCCC/C=C\CCCCCCCC. The number of hydrogen-bond acceptors (Lipinski definition) is 15. The van der Waals surface area contributed by atoms with Gasteiger partial charge in [-0.3, -0.25) is 37.3 Å². The van der Waals surface area contributed by atoms with E-state index in [2.05, 4.69) is 174 Å². The first-order valence-electron chi connectivity index (χ1n) is 41.4. The Labute approximate surface area is 654 Å². The molecule has 0 bridgehead atoms. The molecule has 614 valence electrons. The number of carbonyl (C=O) groups excluding carboxylic acids is 4. The molecule has 0 amide bonds. The van der Waals surface area contributed by atoms with Gasteiger partial charge in [0.15, 0.2) is 12.2 Å². The van der Waals surface area contributed by atoms with Crippen molar-refractivity contribution in [2.24, 2.45) is 0 Å². The third-order valence-electron chi connectivity index (χ3n) is 16.7. The summed E-state index contributed by atoms with van der Waals surface area (Å²) in [6, 6.07) is 0. The fraction of sp³-hybridized carbons (Fsp3) is 0.640. The summed E-state index contributed by atoms with van der Waals surface area (Å²) in [5, 5.41) is 10.7. The van der Waals surface area contributed by atoms with E-state index in [9.17, 15) is 43.2 Å². The van der Waals surface area contributed by atoms with Gasteiger partial charge in [-0.05, 0) is 154 Å². The van der Waals surface area contributed by atoms with E-state index in [1.54, 1.807) is 6.08 Å². The second-order valence-electron chi connectivity index (χ2n) is 26.9. The Balaban J connectivity index is 5.47. The van der Waals surface area contributed by atoms with Crippen LogP contribution in [-0.2, 0) is 65.4 Å². The number of aliphatic hydroxyl groups is 1. The number of allylic oxidation sites excluding steroid dienone is 27. The van der Waals surface area contributed by atoms with Crippen molar-refractivity contribution in [1.82, 2.24) is 0 Å². The molecule has 17 nitrogen and oxygen atoms in total. The predicted octanol–water partition coefficient (Wildman–Crippen LogP) is 24.6. The van der Waals surface area contributed by atoms with Gasteiger partial charge in [-0.2, -0.15) is 0 Å². The molecule has 0 heterocycles. The first-order chi connectivity index (χ1) is 52.7. The van der Waals surface area contributed by atoms with E-state index in [1.807, 2.05) is 18.2 Å². The van der Waals surface area contributed by atoms with Gasteiger partial charge in [-0.15, -0.1) is 0 Å². The third-order valence-corrected chi connectivity index (χ3v) is 18.6. The number of carbonyl (C=O) groups is 4. The minimum Gasteiger partial charge on any atom is -0.462 e. The third kappa shape index (κ3) is 78.5. The molecule has 0 saturated carbocycles. The standard InChI is InChI=1S/C89H146O17P2/c1-5-9-13-17-21-25-29-33-37-39-41-43-47-50-54-58-62-66-70-74-87(92)100-80-85(106-89(94)76-72-68-64-60-56-52-48-44-42-40-38-34-30-26-22-18-14-10-6-2)82-104-108(97,98)102-78-83(90)77-101-107(95,96)103-81-84(105-88(93)75-71-67-63-59-55-51-46-36-32-28-24-20-16-12-8-4)79-99-86(91)73-69-65-61-57-53-49-45-35-31-27-23-19-15-11-7-3/h9-11,13-15,21-23,25-27,33-38,41-46,53,57,65,69,83-85,90H,5-8,12,16-20,24,28-32,39-40,47-52,54-56,58-64,66-68,70-82H2,1-4H3,(H,95,96)(H,97,98)/b13-9-,14-10-,15-11-,25-21-,26-22-,27-23-,37-33-,38-34-,43-41-,44-42-,45-35-,46-36-,57-53-,69-65-. The number of aliphatic hydroxyl groups excluding tert-OH is 1. The molecule has 5 atom stereocenters. The Kier molecular flexibility index (Phi) is 75.4. The van der Waals surface area contributed by atoms with E-state index in [4.69, 9.17) is 37.0 Å². The number of rotatable bonds is 76. The zero-order valence-corrected chi connectivity index (χ0v) is 69.0. The lowest BCUT2D eigenvalue weighted by atomic mass is 10.1. The number of phosphoric acid groups is 2. The number of hydrogen-bond donors (Lipinski definition) is 3. The smallest absolute Gasteiger partial charge is 0.462 e. The molecule has 0 aliphatic heterocycles. The van der Waals surface area contributed by atoms with Crippen molar-refractivity contribution in [3.63, 3.8) is 0 Å². The summed E-state index contributed by atoms with van der Waals surface area (Å²) in [5.74, 6) is -2.37. The molecule has 0 rings (SSSR count). The van der Waals surface area contributed by atoms with E-state index in [1.165, 1.54) is 38.5 Å². The van der Waals surface area contributed by atoms with Crippen LogP contribution in [0.5, 0.6) is 0 Å². The highest BCUT2D eigenvalue weighted by atomic mass is 31.2. The molecule has 0 aromatic heterocycles. The van der Waals surface area contributed by atoms with E-state index in [0.717, 1.165) is 193 Å². The van der Waals surface area contributed by atoms with Gasteiger partial charge in [0.1, 0.15) is 19.3 Å². The highest BCUT2D eigenvalue weighted by Crippen LogP contribution is 2.45. The van der Waals surface area contributed by atoms with Crippen LogP contribution >= 0.6 is 15.6 Å². The first kappa shape index (κ1) is 102. The maximum absolute atomic E-state index is 13.1. The average molecular weight is 1550 g/mol. The summed E-state index contributed by atoms with van der Waals surface area (Å²) < 4.78 is 68.6. The highest BCUT2D eigenvalue weighted by Gasteiger charge is 2.30. The maximum atomic E-state index is 13.1. The average Bonchev–Trinajstić information content (AvgIpc) is 0.899. The minimum atomic E-state index is -5.01. The molecule has 0 aromatic carbocycles. The Hall–Kier alpha value is -5.58. The number of esters is 4. The van der Waals surface area contributed by atoms with Crippen LogP contribution in [0.15, 0.2) is 170 Å². The molecule has 0 radical (unpaired) electrons. The van der Waals surface area contributed by atoms with Crippen molar-refractivity contribution in [3.8, 4) is 0 Å². The van der Waals surface area contributed by atoms with E-state index in [-0.39, 0.29) is 25.7 Å². The molecule has 108 heavy (non-hydrogen) atoms. The van der Waals surface area contributed by atoms with Crippen LogP contribution in [0.4, 0.5) is 0 Å². The lowest BCUT2D eigenvalue weighted by Crippen LogP contribution is -2.30. The van der Waals surface area contributed by atoms with Crippen LogP contribution in [0, 0.1) is 0 Å². The fourth-order valence-electron chi connectivity index (χ4n) is 10.5. The molecule has 0 spiro atoms. The van der Waals surface area contributed by atoms with Gasteiger partial charge in [0, 0.05) is 19.3 Å². The predicted molar refractivity (Wildman–Crippen MR) is 445 cm³/mol. The molecule has 0 saturated heterocycles. The van der Waals surface area contributed by atoms with Crippen LogP contribution in [0.2, 0.25) is 0 Å². The highest BCUT2D eigenvalue weighted by molar-refractivity contribution is 7.47. The van der Waals surface area contributed by atoms with Gasteiger partial charge in [0.2, 0.25) is 0 Å². The Morgan fingerprint density at radius 2 is 0.519 bits per heavy atom. The quantitative estimate of drug-likeness (QED) is 0.0169. The normalized spacial score (nSPS) is 14.7. The largest absolute Gasteiger partial charge is 0.472 e. The molecule has 0 aliphatic carbocycles. The van der Waals surface area contributed by atoms with Crippen molar-refractivity contribution >= 4 is 39.5 Å². The summed E-state index contributed by atoms with van der Waals surface area (Å²) in [6.07, 6.45) is 94.9. The van der Waals surface area contributed by atoms with Crippen LogP contribution in [0.3, 0.4) is 0 Å². The lowest BCUT2D eigenvalue weighted by Gasteiger charge is -2.21. The van der Waals surface area contributed by atoms with E-state index < -0.39 is 97.5 Å². The second kappa shape index (κ2) is 79.5. The van der Waals surface area contributed by atoms with E-state index in [0.29, 0.717) is 25.7 Å². The Morgan fingerprint density at radius 1 is 0.278 bits per heavy atom. The van der Waals surface area contributed by atoms with Crippen LogP contribution in [0.25, 0.3) is 0 Å². The van der Waals surface area contributed by atoms with Crippen molar-refractivity contribution in [2.75, 3.05) is 39.6 Å². The van der Waals surface area contributed by atoms with Gasteiger partial charge in [-0.1, -0.05) is 301 Å². The molecular formula is C89H146O17P2. The first-order valence-corrected chi connectivity index (χ1v) is 44.4. The molecular weight excluding hydrogens is 1400 g/mol. The topological polar surface area (TPSA) is 237 Å². The van der Waals surface area contributed by atoms with Crippen molar-refractivity contribution in [2.45, 2.75) is 329 Å². The number of unbranched alkanes of at least 4 members (excludes halogenated alkanes) is 23. The monoisotopic (exact) mass is 1550 g/mol. The molecule has 0 aliphatic rings. The van der Waals surface area contributed by atoms with Crippen LogP contribution in [-0.4, -0.2) is 96.7 Å². The molecule has 0 fully saturated rings. The van der Waals surface area contributed by atoms with Gasteiger partial charge < -0.3 is 33.8 Å². The summed E-state index contributed by atoms with van der Waals surface area (Å²) in [4.78, 5) is 73.1. The van der Waals surface area contributed by atoms with E-state index >= 15 is 0 Å². The molecule has 0 aromatic rings. The number of ether oxygens (including phenoxy) is 4. The Bertz CT molecular complexity index is 2710. The molecule has 19 heteroatoms. The summed E-state index contributed by atoms with van der Waals surface area (Å²) in [7, 11) is -10.0. The van der Waals surface area contributed by atoms with Crippen molar-refractivity contribution in [1.29, 1.82) is 0 Å². The fourth-order valence-corrected chi connectivity index (χ4v) is 12.1. The lowest BCUT2D eigenvalue weighted by molar-refractivity contribution is -0.161. The maximum Gasteiger partial charge on any atom is 0.472 e.